The van der Waals surface area contributed by atoms with Crippen molar-refractivity contribution in [3.8, 4) is 5.75 Å². The number of amides is 1. The summed E-state index contributed by atoms with van der Waals surface area (Å²) in [5, 5.41) is 6.97. The van der Waals surface area contributed by atoms with Crippen LogP contribution in [0, 0.1) is 5.41 Å². The topological polar surface area (TPSA) is 63.2 Å². The third kappa shape index (κ3) is 5.80. The van der Waals surface area contributed by atoms with E-state index in [1.54, 1.807) is 30.3 Å². The van der Waals surface area contributed by atoms with Crippen LogP contribution in [-0.4, -0.2) is 24.5 Å². The molecule has 0 aliphatic heterocycles. The molecule has 0 saturated carbocycles. The van der Waals surface area contributed by atoms with Crippen LogP contribution in [0.25, 0.3) is 0 Å². The van der Waals surface area contributed by atoms with Crippen molar-refractivity contribution in [1.29, 1.82) is 0 Å². The van der Waals surface area contributed by atoms with Gasteiger partial charge < -0.3 is 15.4 Å². The molecule has 0 unspecified atom stereocenters. The van der Waals surface area contributed by atoms with Crippen LogP contribution in [0.5, 0.6) is 5.75 Å². The van der Waals surface area contributed by atoms with Crippen LogP contribution < -0.4 is 15.4 Å². The minimum absolute atomic E-state index is 0.0315. The molecular weight excluding hydrogens is 361 g/mol. The zero-order valence-electron chi connectivity index (χ0n) is 14.6. The predicted octanol–water partition coefficient (Wildman–Crippen LogP) is 4.92. The van der Waals surface area contributed by atoms with Crippen molar-refractivity contribution >= 4 is 40.6 Å². The maximum absolute atomic E-state index is 12.5. The van der Waals surface area contributed by atoms with Gasteiger partial charge in [-0.1, -0.05) is 44.0 Å². The van der Waals surface area contributed by atoms with Crippen LogP contribution in [-0.2, 0) is 0 Å². The summed E-state index contributed by atoms with van der Waals surface area (Å²) in [5.41, 5.74) is 0.858. The van der Waals surface area contributed by atoms with Gasteiger partial charge in [0.2, 0.25) is 0 Å². The quantitative estimate of drug-likeness (QED) is 0.771. The molecule has 1 heterocycles. The Labute approximate surface area is 157 Å². The fraction of sp³-hybridized carbons (Fsp3) is 0.333. The van der Waals surface area contributed by atoms with Crippen molar-refractivity contribution in [3.63, 3.8) is 0 Å². The molecule has 0 aliphatic carbocycles. The van der Waals surface area contributed by atoms with Crippen molar-refractivity contribution in [3.05, 3.63) is 46.1 Å². The number of aromatic nitrogens is 1. The first-order chi connectivity index (χ1) is 11.7. The van der Waals surface area contributed by atoms with E-state index in [4.69, 9.17) is 27.9 Å². The van der Waals surface area contributed by atoms with Gasteiger partial charge in [0.1, 0.15) is 11.6 Å². The largest absolute Gasteiger partial charge is 0.494 e. The van der Waals surface area contributed by atoms with E-state index >= 15 is 0 Å². The summed E-state index contributed by atoms with van der Waals surface area (Å²) in [6, 6.07) is 8.49. The minimum Gasteiger partial charge on any atom is -0.494 e. The molecule has 2 aromatic rings. The van der Waals surface area contributed by atoms with Gasteiger partial charge in [-0.2, -0.15) is 0 Å². The number of carbonyl (C=O) groups excluding carboxylic acids is 1. The highest BCUT2D eigenvalue weighted by atomic mass is 35.5. The lowest BCUT2D eigenvalue weighted by atomic mass is 9.97. The fourth-order valence-corrected chi connectivity index (χ4v) is 2.57. The second-order valence-corrected chi connectivity index (χ2v) is 7.65. The number of anilines is 2. The number of rotatable bonds is 5. The Hall–Kier alpha value is -1.98. The average molecular weight is 382 g/mol. The zero-order chi connectivity index (χ0) is 18.6. The van der Waals surface area contributed by atoms with Crippen LogP contribution in [0.3, 0.4) is 0 Å². The molecule has 25 heavy (non-hydrogen) atoms. The highest BCUT2D eigenvalue weighted by molar-refractivity contribution is 6.35. The van der Waals surface area contributed by atoms with Gasteiger partial charge in [0.05, 0.1) is 7.11 Å². The Morgan fingerprint density at radius 3 is 2.36 bits per heavy atom. The molecule has 1 amide bonds. The second kappa shape index (κ2) is 7.93. The van der Waals surface area contributed by atoms with Crippen LogP contribution in [0.15, 0.2) is 30.3 Å². The number of halogens is 2. The number of methoxy groups -OCH3 is 1. The minimum atomic E-state index is -0.292. The molecule has 1 aromatic heterocycles. The molecule has 5 nitrogen and oxygen atoms in total. The number of nitrogens with zero attached hydrogens (tertiary/aromatic N) is 1. The maximum Gasteiger partial charge on any atom is 0.273 e. The summed E-state index contributed by atoms with van der Waals surface area (Å²) in [6.45, 7) is 6.65. The van der Waals surface area contributed by atoms with Crippen molar-refractivity contribution in [2.75, 3.05) is 19.0 Å². The number of pyridine rings is 1. The first-order valence-electron chi connectivity index (χ1n) is 7.74. The monoisotopic (exact) mass is 381 g/mol. The number of ether oxygens (including phenoxy) is 1. The van der Waals surface area contributed by atoms with Gasteiger partial charge >= 0.3 is 0 Å². The zero-order valence-corrected chi connectivity index (χ0v) is 16.1. The molecule has 134 valence electrons. The normalized spacial score (nSPS) is 11.1. The van der Waals surface area contributed by atoms with Gasteiger partial charge in [-0.3, -0.25) is 4.79 Å². The van der Waals surface area contributed by atoms with Crippen LogP contribution >= 0.6 is 23.2 Å². The summed E-state index contributed by atoms with van der Waals surface area (Å²) >= 11 is 12.0. The summed E-state index contributed by atoms with van der Waals surface area (Å²) < 4.78 is 5.25. The third-order valence-electron chi connectivity index (χ3n) is 3.21. The van der Waals surface area contributed by atoms with Gasteiger partial charge in [-0.05, 0) is 35.7 Å². The van der Waals surface area contributed by atoms with Gasteiger partial charge in [0, 0.05) is 22.3 Å². The lowest BCUT2D eigenvalue weighted by molar-refractivity contribution is 0.0931. The molecule has 0 saturated heterocycles. The van der Waals surface area contributed by atoms with Crippen LogP contribution in [0.1, 0.15) is 31.3 Å². The van der Waals surface area contributed by atoms with E-state index in [2.05, 4.69) is 15.6 Å². The Bertz CT molecular complexity index is 753. The molecule has 0 bridgehead atoms. The second-order valence-electron chi connectivity index (χ2n) is 6.77. The molecule has 0 spiro atoms. The predicted molar refractivity (Wildman–Crippen MR) is 102 cm³/mol. The molecule has 0 atom stereocenters. The van der Waals surface area contributed by atoms with Crippen molar-refractivity contribution in [2.24, 2.45) is 5.41 Å². The number of benzene rings is 1. The third-order valence-corrected chi connectivity index (χ3v) is 3.64. The molecular formula is C18H21Cl2N3O2. The number of hydrogen-bond donors (Lipinski definition) is 2. The van der Waals surface area contributed by atoms with Crippen molar-refractivity contribution in [1.82, 2.24) is 10.3 Å². The number of nitrogens with one attached hydrogen (secondary N) is 2. The van der Waals surface area contributed by atoms with E-state index in [0.717, 1.165) is 0 Å². The molecule has 0 aliphatic rings. The summed E-state index contributed by atoms with van der Waals surface area (Å²) in [7, 11) is 1.50. The SMILES string of the molecule is COc1ccc(Nc2cc(Cl)cc(Cl)c2)nc1C(=O)NCC(C)(C)C. The Morgan fingerprint density at radius 1 is 1.16 bits per heavy atom. The first kappa shape index (κ1) is 19.3. The van der Waals surface area contributed by atoms with Gasteiger partial charge in [0.25, 0.3) is 5.91 Å². The Kier molecular flexibility index (Phi) is 6.14. The van der Waals surface area contributed by atoms with Crippen molar-refractivity contribution < 1.29 is 9.53 Å². The lowest BCUT2D eigenvalue weighted by Gasteiger charge is -2.19. The van der Waals surface area contributed by atoms with Gasteiger partial charge in [0.15, 0.2) is 5.69 Å². The summed E-state index contributed by atoms with van der Waals surface area (Å²) in [5.74, 6) is 0.598. The van der Waals surface area contributed by atoms with E-state index in [1.807, 2.05) is 20.8 Å². The molecule has 2 N–H and O–H groups in total. The Morgan fingerprint density at radius 2 is 1.80 bits per heavy atom. The smallest absolute Gasteiger partial charge is 0.273 e. The highest BCUT2D eigenvalue weighted by Gasteiger charge is 2.18. The standard InChI is InChI=1S/C18H21Cl2N3O2/c1-18(2,3)10-21-17(24)16-14(25-4)5-6-15(23-16)22-13-8-11(19)7-12(20)9-13/h5-9H,10H2,1-4H3,(H,21,24)(H,22,23). The molecule has 0 fully saturated rings. The van der Waals surface area contributed by atoms with Crippen LogP contribution in [0.4, 0.5) is 11.5 Å². The fourth-order valence-electron chi connectivity index (χ4n) is 2.05. The van der Waals surface area contributed by atoms with E-state index < -0.39 is 0 Å². The molecule has 7 heteroatoms. The van der Waals surface area contributed by atoms with Gasteiger partial charge in [-0.15, -0.1) is 0 Å². The van der Waals surface area contributed by atoms with E-state index in [-0.39, 0.29) is 17.0 Å². The van der Waals surface area contributed by atoms with Crippen molar-refractivity contribution in [2.45, 2.75) is 20.8 Å². The summed E-state index contributed by atoms with van der Waals surface area (Å²) in [6.07, 6.45) is 0. The Balaban J connectivity index is 2.25. The van der Waals surface area contributed by atoms with Gasteiger partial charge in [-0.25, -0.2) is 4.98 Å². The number of hydrogen-bond acceptors (Lipinski definition) is 4. The number of carbonyl (C=O) groups is 1. The highest BCUT2D eigenvalue weighted by Crippen LogP contribution is 2.26. The van der Waals surface area contributed by atoms with E-state index in [1.165, 1.54) is 7.11 Å². The molecule has 0 radical (unpaired) electrons. The summed E-state index contributed by atoms with van der Waals surface area (Å²) in [4.78, 5) is 16.8. The molecule has 1 aromatic carbocycles. The lowest BCUT2D eigenvalue weighted by Crippen LogP contribution is -2.33. The van der Waals surface area contributed by atoms with E-state index in [9.17, 15) is 4.79 Å². The first-order valence-corrected chi connectivity index (χ1v) is 8.50. The van der Waals surface area contributed by atoms with E-state index in [0.29, 0.717) is 33.8 Å². The maximum atomic E-state index is 12.5. The van der Waals surface area contributed by atoms with Crippen LogP contribution in [0.2, 0.25) is 10.0 Å². The average Bonchev–Trinajstić information content (AvgIpc) is 2.51. The molecule has 2 rings (SSSR count).